The molecule has 104 valence electrons. The van der Waals surface area contributed by atoms with Gasteiger partial charge in [0.2, 0.25) is 0 Å². The molecule has 1 saturated heterocycles. The number of likely N-dealkylation sites (tertiary alicyclic amines) is 1. The Morgan fingerprint density at radius 1 is 1.42 bits per heavy atom. The molecule has 19 heavy (non-hydrogen) atoms. The Kier molecular flexibility index (Phi) is 4.53. The Balaban J connectivity index is 1.99. The zero-order chi connectivity index (χ0) is 13.8. The molecule has 0 bridgehead atoms. The van der Waals surface area contributed by atoms with Crippen LogP contribution in [-0.2, 0) is 0 Å². The van der Waals surface area contributed by atoms with Gasteiger partial charge in [0, 0.05) is 24.7 Å². The van der Waals surface area contributed by atoms with Crippen LogP contribution in [0.5, 0.6) is 0 Å². The Morgan fingerprint density at radius 3 is 2.68 bits per heavy atom. The summed E-state index contributed by atoms with van der Waals surface area (Å²) < 4.78 is 13.2. The molecular formula is C15H21FN2O. The highest BCUT2D eigenvalue weighted by atomic mass is 19.1. The summed E-state index contributed by atoms with van der Waals surface area (Å²) in [5.74, 6) is -0.250. The molecule has 0 atom stereocenters. The molecule has 0 aliphatic carbocycles. The van der Waals surface area contributed by atoms with Gasteiger partial charge in [0.1, 0.15) is 5.82 Å². The third kappa shape index (κ3) is 3.32. The molecule has 1 amide bonds. The van der Waals surface area contributed by atoms with Gasteiger partial charge < -0.3 is 10.2 Å². The van der Waals surface area contributed by atoms with Crippen LogP contribution >= 0.6 is 0 Å². The molecule has 1 aliphatic rings. The van der Waals surface area contributed by atoms with Crippen LogP contribution in [0.1, 0.15) is 35.7 Å². The van der Waals surface area contributed by atoms with Crippen LogP contribution in [0.4, 0.5) is 4.39 Å². The van der Waals surface area contributed by atoms with E-state index in [1.54, 1.807) is 19.1 Å². The monoisotopic (exact) mass is 264 g/mol. The van der Waals surface area contributed by atoms with Gasteiger partial charge in [-0.1, -0.05) is 6.92 Å². The van der Waals surface area contributed by atoms with Crippen LogP contribution in [0, 0.1) is 12.7 Å². The van der Waals surface area contributed by atoms with E-state index in [4.69, 9.17) is 0 Å². The molecule has 1 heterocycles. The van der Waals surface area contributed by atoms with Gasteiger partial charge in [-0.3, -0.25) is 4.79 Å². The predicted octanol–water partition coefficient (Wildman–Crippen LogP) is 2.35. The number of carbonyl (C=O) groups excluding carboxylic acids is 1. The average molecular weight is 264 g/mol. The van der Waals surface area contributed by atoms with Gasteiger partial charge in [-0.25, -0.2) is 4.39 Å². The first-order chi connectivity index (χ1) is 9.11. The molecule has 2 rings (SSSR count). The summed E-state index contributed by atoms with van der Waals surface area (Å²) in [5.41, 5.74) is 1.11. The average Bonchev–Trinajstić information content (AvgIpc) is 2.42. The molecule has 1 aromatic rings. The van der Waals surface area contributed by atoms with Crippen molar-refractivity contribution in [3.05, 3.63) is 35.1 Å². The molecule has 0 radical (unpaired) electrons. The van der Waals surface area contributed by atoms with Crippen LogP contribution < -0.4 is 5.32 Å². The van der Waals surface area contributed by atoms with E-state index in [1.165, 1.54) is 6.07 Å². The highest BCUT2D eigenvalue weighted by Crippen LogP contribution is 2.16. The van der Waals surface area contributed by atoms with E-state index in [9.17, 15) is 9.18 Å². The molecule has 1 fully saturated rings. The van der Waals surface area contributed by atoms with Crippen molar-refractivity contribution in [1.82, 2.24) is 10.2 Å². The van der Waals surface area contributed by atoms with Crippen LogP contribution in [0.15, 0.2) is 18.2 Å². The van der Waals surface area contributed by atoms with E-state index in [-0.39, 0.29) is 11.7 Å². The summed E-state index contributed by atoms with van der Waals surface area (Å²) in [6.07, 6.45) is 1.97. The van der Waals surface area contributed by atoms with Crippen molar-refractivity contribution in [2.24, 2.45) is 0 Å². The minimum atomic E-state index is -0.262. The number of benzene rings is 1. The van der Waals surface area contributed by atoms with Crippen LogP contribution in [0.2, 0.25) is 0 Å². The number of nitrogens with zero attached hydrogens (tertiary/aromatic N) is 1. The molecule has 0 saturated carbocycles. The Bertz CT molecular complexity index is 453. The van der Waals surface area contributed by atoms with Crippen LogP contribution in [0.3, 0.4) is 0 Å². The molecule has 1 aromatic carbocycles. The van der Waals surface area contributed by atoms with Crippen molar-refractivity contribution >= 4 is 5.91 Å². The Labute approximate surface area is 113 Å². The third-order valence-electron chi connectivity index (χ3n) is 3.68. The van der Waals surface area contributed by atoms with E-state index in [0.717, 1.165) is 32.5 Å². The van der Waals surface area contributed by atoms with Crippen molar-refractivity contribution < 1.29 is 9.18 Å². The minimum absolute atomic E-state index is 0.0121. The van der Waals surface area contributed by atoms with Crippen molar-refractivity contribution in [3.63, 3.8) is 0 Å². The number of piperidine rings is 1. The second-order valence-electron chi connectivity index (χ2n) is 5.09. The first kappa shape index (κ1) is 14.0. The predicted molar refractivity (Wildman–Crippen MR) is 73.7 cm³/mol. The third-order valence-corrected chi connectivity index (χ3v) is 3.68. The molecule has 0 spiro atoms. The SMILES string of the molecule is CCNC1CCN(C(=O)c2ccc(F)c(C)c2)CC1. The summed E-state index contributed by atoms with van der Waals surface area (Å²) in [6, 6.07) is 5.09. The fraction of sp³-hybridized carbons (Fsp3) is 0.533. The summed E-state index contributed by atoms with van der Waals surface area (Å²) in [6.45, 7) is 6.29. The van der Waals surface area contributed by atoms with E-state index in [2.05, 4.69) is 12.2 Å². The number of nitrogens with one attached hydrogen (secondary N) is 1. The van der Waals surface area contributed by atoms with Crippen molar-refractivity contribution in [2.45, 2.75) is 32.7 Å². The second-order valence-corrected chi connectivity index (χ2v) is 5.09. The van der Waals surface area contributed by atoms with Crippen molar-refractivity contribution in [3.8, 4) is 0 Å². The highest BCUT2D eigenvalue weighted by Gasteiger charge is 2.23. The Morgan fingerprint density at radius 2 is 2.11 bits per heavy atom. The molecule has 3 nitrogen and oxygen atoms in total. The van der Waals surface area contributed by atoms with Crippen LogP contribution in [-0.4, -0.2) is 36.5 Å². The van der Waals surface area contributed by atoms with Gasteiger partial charge in [0.25, 0.3) is 5.91 Å². The fourth-order valence-electron chi connectivity index (χ4n) is 2.54. The molecular weight excluding hydrogens is 243 g/mol. The zero-order valence-electron chi connectivity index (χ0n) is 11.6. The lowest BCUT2D eigenvalue weighted by Crippen LogP contribution is -2.44. The van der Waals surface area contributed by atoms with E-state index in [0.29, 0.717) is 17.2 Å². The maximum Gasteiger partial charge on any atom is 0.253 e. The Hall–Kier alpha value is -1.42. The topological polar surface area (TPSA) is 32.3 Å². The van der Waals surface area contributed by atoms with Gasteiger partial charge >= 0.3 is 0 Å². The second kappa shape index (κ2) is 6.15. The maximum atomic E-state index is 13.2. The lowest BCUT2D eigenvalue weighted by molar-refractivity contribution is 0.0705. The summed E-state index contributed by atoms with van der Waals surface area (Å²) >= 11 is 0. The van der Waals surface area contributed by atoms with Gasteiger partial charge in [-0.15, -0.1) is 0 Å². The first-order valence-electron chi connectivity index (χ1n) is 6.90. The number of hydrogen-bond acceptors (Lipinski definition) is 2. The van der Waals surface area contributed by atoms with E-state index in [1.807, 2.05) is 4.90 Å². The highest BCUT2D eigenvalue weighted by molar-refractivity contribution is 5.94. The number of carbonyl (C=O) groups is 1. The number of halogens is 1. The van der Waals surface area contributed by atoms with E-state index >= 15 is 0 Å². The van der Waals surface area contributed by atoms with Gasteiger partial charge in [0.15, 0.2) is 0 Å². The summed E-state index contributed by atoms with van der Waals surface area (Å²) in [7, 11) is 0. The van der Waals surface area contributed by atoms with Gasteiger partial charge in [-0.2, -0.15) is 0 Å². The molecule has 1 aliphatic heterocycles. The van der Waals surface area contributed by atoms with Crippen molar-refractivity contribution in [2.75, 3.05) is 19.6 Å². The van der Waals surface area contributed by atoms with E-state index < -0.39 is 0 Å². The van der Waals surface area contributed by atoms with Gasteiger partial charge in [0.05, 0.1) is 0 Å². The molecule has 1 N–H and O–H groups in total. The van der Waals surface area contributed by atoms with Crippen molar-refractivity contribution in [1.29, 1.82) is 0 Å². The normalized spacial score (nSPS) is 16.7. The largest absolute Gasteiger partial charge is 0.339 e. The summed E-state index contributed by atoms with van der Waals surface area (Å²) in [5, 5.41) is 3.41. The molecule has 0 unspecified atom stereocenters. The first-order valence-corrected chi connectivity index (χ1v) is 6.90. The van der Waals surface area contributed by atoms with Gasteiger partial charge in [-0.05, 0) is 50.1 Å². The van der Waals surface area contributed by atoms with Crippen LogP contribution in [0.25, 0.3) is 0 Å². The number of hydrogen-bond donors (Lipinski definition) is 1. The smallest absolute Gasteiger partial charge is 0.253 e. The number of amides is 1. The lowest BCUT2D eigenvalue weighted by atomic mass is 10.0. The quantitative estimate of drug-likeness (QED) is 0.909. The zero-order valence-corrected chi connectivity index (χ0v) is 11.6. The number of rotatable bonds is 3. The standard InChI is InChI=1S/C15H21FN2O/c1-3-17-13-6-8-18(9-7-13)15(19)12-4-5-14(16)11(2)10-12/h4-5,10,13,17H,3,6-9H2,1-2H3. The molecule has 0 aromatic heterocycles. The lowest BCUT2D eigenvalue weighted by Gasteiger charge is -2.32. The summed E-state index contributed by atoms with van der Waals surface area (Å²) in [4.78, 5) is 14.2. The fourth-order valence-corrected chi connectivity index (χ4v) is 2.54. The molecule has 4 heteroatoms. The maximum absolute atomic E-state index is 13.2. The number of aryl methyl sites for hydroxylation is 1. The minimum Gasteiger partial charge on any atom is -0.339 e.